The van der Waals surface area contributed by atoms with Crippen LogP contribution in [0.4, 0.5) is 4.39 Å². The second kappa shape index (κ2) is 8.60. The molecule has 3 nitrogen and oxygen atoms in total. The van der Waals surface area contributed by atoms with Gasteiger partial charge >= 0.3 is 0 Å². The molecule has 0 heterocycles. The van der Waals surface area contributed by atoms with E-state index >= 15 is 0 Å². The van der Waals surface area contributed by atoms with Gasteiger partial charge in [0.1, 0.15) is 5.82 Å². The van der Waals surface area contributed by atoms with Crippen LogP contribution in [0.1, 0.15) is 30.6 Å². The molecule has 1 aromatic carbocycles. The molecule has 0 spiro atoms. The van der Waals surface area contributed by atoms with Crippen molar-refractivity contribution in [3.63, 3.8) is 0 Å². The third-order valence-electron chi connectivity index (χ3n) is 3.16. The zero-order valence-corrected chi connectivity index (χ0v) is 14.3. The number of benzene rings is 1. The summed E-state index contributed by atoms with van der Waals surface area (Å²) in [6.07, 6.45) is 0.729. The summed E-state index contributed by atoms with van der Waals surface area (Å²) in [6, 6.07) is 4.16. The van der Waals surface area contributed by atoms with E-state index in [0.29, 0.717) is 22.5 Å². The van der Waals surface area contributed by atoms with Crippen molar-refractivity contribution < 1.29 is 9.18 Å². The second-order valence-corrected chi connectivity index (χ2v) is 5.90. The minimum atomic E-state index is -0.418. The minimum absolute atomic E-state index is 0. The zero-order chi connectivity index (χ0) is 14.6. The SMILES string of the molecule is CC(C)C(N)CCN(C)C(=O)c1cc(F)ccc1Br.Cl. The van der Waals surface area contributed by atoms with Crippen LogP contribution in [0.15, 0.2) is 22.7 Å². The van der Waals surface area contributed by atoms with Crippen LogP contribution < -0.4 is 5.73 Å². The smallest absolute Gasteiger partial charge is 0.254 e. The molecular weight excluding hydrogens is 347 g/mol. The Morgan fingerprint density at radius 3 is 2.60 bits per heavy atom. The number of hydrogen-bond donors (Lipinski definition) is 1. The average Bonchev–Trinajstić information content (AvgIpc) is 2.37. The van der Waals surface area contributed by atoms with Crippen LogP contribution in [0.25, 0.3) is 0 Å². The monoisotopic (exact) mass is 366 g/mol. The van der Waals surface area contributed by atoms with Gasteiger partial charge in [-0.25, -0.2) is 4.39 Å². The highest BCUT2D eigenvalue weighted by Gasteiger charge is 2.17. The van der Waals surface area contributed by atoms with Crippen molar-refractivity contribution in [2.75, 3.05) is 13.6 Å². The molecule has 20 heavy (non-hydrogen) atoms. The van der Waals surface area contributed by atoms with Crippen LogP contribution in [0.3, 0.4) is 0 Å². The van der Waals surface area contributed by atoms with Gasteiger partial charge in [0.15, 0.2) is 0 Å². The third kappa shape index (κ3) is 5.38. The topological polar surface area (TPSA) is 46.3 Å². The Morgan fingerprint density at radius 2 is 2.05 bits per heavy atom. The van der Waals surface area contributed by atoms with Gasteiger partial charge in [-0.1, -0.05) is 13.8 Å². The molecular formula is C14H21BrClFN2O. The number of carbonyl (C=O) groups excluding carboxylic acids is 1. The highest BCUT2D eigenvalue weighted by atomic mass is 79.9. The van der Waals surface area contributed by atoms with E-state index in [9.17, 15) is 9.18 Å². The van der Waals surface area contributed by atoms with Gasteiger partial charge in [0.05, 0.1) is 5.56 Å². The van der Waals surface area contributed by atoms with Crippen LogP contribution in [0.5, 0.6) is 0 Å². The normalized spacial score (nSPS) is 11.9. The van der Waals surface area contributed by atoms with Crippen molar-refractivity contribution in [3.05, 3.63) is 34.1 Å². The Hall–Kier alpha value is -0.650. The lowest BCUT2D eigenvalue weighted by molar-refractivity contribution is 0.0788. The molecule has 114 valence electrons. The van der Waals surface area contributed by atoms with Crippen LogP contribution in [-0.2, 0) is 0 Å². The fourth-order valence-electron chi connectivity index (χ4n) is 1.64. The number of carbonyl (C=O) groups is 1. The Morgan fingerprint density at radius 1 is 1.45 bits per heavy atom. The number of hydrogen-bond acceptors (Lipinski definition) is 2. The first-order valence-corrected chi connectivity index (χ1v) is 7.08. The fraction of sp³-hybridized carbons (Fsp3) is 0.500. The highest BCUT2D eigenvalue weighted by molar-refractivity contribution is 9.10. The van der Waals surface area contributed by atoms with Crippen molar-refractivity contribution in [3.8, 4) is 0 Å². The van der Waals surface area contributed by atoms with Gasteiger partial charge < -0.3 is 10.6 Å². The van der Waals surface area contributed by atoms with Gasteiger partial charge in [0, 0.05) is 24.1 Å². The maximum Gasteiger partial charge on any atom is 0.254 e. The highest BCUT2D eigenvalue weighted by Crippen LogP contribution is 2.19. The summed E-state index contributed by atoms with van der Waals surface area (Å²) in [5, 5.41) is 0. The molecule has 6 heteroatoms. The van der Waals surface area contributed by atoms with Gasteiger partial charge in [0.2, 0.25) is 0 Å². The lowest BCUT2D eigenvalue weighted by atomic mass is 10.0. The summed E-state index contributed by atoms with van der Waals surface area (Å²) < 4.78 is 13.8. The molecule has 0 saturated carbocycles. The average molecular weight is 368 g/mol. The minimum Gasteiger partial charge on any atom is -0.342 e. The third-order valence-corrected chi connectivity index (χ3v) is 3.85. The Balaban J connectivity index is 0.00000361. The Bertz CT molecular complexity index is 457. The molecule has 0 aliphatic rings. The molecule has 0 bridgehead atoms. The summed E-state index contributed by atoms with van der Waals surface area (Å²) in [5.41, 5.74) is 6.28. The lowest BCUT2D eigenvalue weighted by Crippen LogP contribution is -2.34. The standard InChI is InChI=1S/C14H20BrFN2O.ClH/c1-9(2)13(17)6-7-18(3)14(19)11-8-10(16)4-5-12(11)15;/h4-5,8-9,13H,6-7,17H2,1-3H3;1H. The predicted octanol–water partition coefficient (Wildman–Crippen LogP) is 3.46. The quantitative estimate of drug-likeness (QED) is 0.866. The van der Waals surface area contributed by atoms with Crippen LogP contribution in [0, 0.1) is 11.7 Å². The molecule has 0 fully saturated rings. The first kappa shape index (κ1) is 19.4. The van der Waals surface area contributed by atoms with Gasteiger partial charge in [-0.3, -0.25) is 4.79 Å². The molecule has 1 amide bonds. The number of rotatable bonds is 5. The molecule has 1 atom stereocenters. The molecule has 0 aliphatic carbocycles. The molecule has 1 unspecified atom stereocenters. The Kier molecular flexibility index (Phi) is 8.32. The van der Waals surface area contributed by atoms with E-state index in [0.717, 1.165) is 6.42 Å². The number of halogens is 3. The first-order valence-electron chi connectivity index (χ1n) is 6.29. The van der Waals surface area contributed by atoms with Crippen molar-refractivity contribution in [2.24, 2.45) is 11.7 Å². The summed E-state index contributed by atoms with van der Waals surface area (Å²) in [6.45, 7) is 4.66. The van der Waals surface area contributed by atoms with Gasteiger partial charge in [0.25, 0.3) is 5.91 Å². The molecule has 2 N–H and O–H groups in total. The summed E-state index contributed by atoms with van der Waals surface area (Å²) in [4.78, 5) is 13.8. The molecule has 1 aromatic rings. The van der Waals surface area contributed by atoms with E-state index in [2.05, 4.69) is 29.8 Å². The second-order valence-electron chi connectivity index (χ2n) is 5.05. The first-order chi connectivity index (χ1) is 8.82. The lowest BCUT2D eigenvalue weighted by Gasteiger charge is -2.22. The molecule has 0 saturated heterocycles. The van der Waals surface area contributed by atoms with E-state index in [1.165, 1.54) is 18.2 Å². The van der Waals surface area contributed by atoms with Crippen LogP contribution in [0.2, 0.25) is 0 Å². The maximum absolute atomic E-state index is 13.2. The van der Waals surface area contributed by atoms with Gasteiger partial charge in [-0.15, -0.1) is 12.4 Å². The largest absolute Gasteiger partial charge is 0.342 e. The van der Waals surface area contributed by atoms with Crippen molar-refractivity contribution >= 4 is 34.2 Å². The number of nitrogens with zero attached hydrogens (tertiary/aromatic N) is 1. The van der Waals surface area contributed by atoms with E-state index in [-0.39, 0.29) is 24.4 Å². The van der Waals surface area contributed by atoms with E-state index < -0.39 is 5.82 Å². The van der Waals surface area contributed by atoms with Gasteiger partial charge in [-0.2, -0.15) is 0 Å². The van der Waals surface area contributed by atoms with Crippen molar-refractivity contribution in [1.29, 1.82) is 0 Å². The molecule has 1 rings (SSSR count). The van der Waals surface area contributed by atoms with E-state index in [4.69, 9.17) is 5.73 Å². The predicted molar refractivity (Wildman–Crippen MR) is 85.7 cm³/mol. The molecule has 0 aliphatic heterocycles. The summed E-state index contributed by atoms with van der Waals surface area (Å²) in [5.74, 6) is -0.245. The number of amides is 1. The summed E-state index contributed by atoms with van der Waals surface area (Å²) >= 11 is 3.26. The Labute approximate surface area is 134 Å². The summed E-state index contributed by atoms with van der Waals surface area (Å²) in [7, 11) is 1.70. The van der Waals surface area contributed by atoms with E-state index in [1.807, 2.05) is 0 Å². The van der Waals surface area contributed by atoms with Crippen molar-refractivity contribution in [1.82, 2.24) is 4.90 Å². The number of nitrogens with two attached hydrogens (primary N) is 1. The fourth-order valence-corrected chi connectivity index (χ4v) is 2.06. The van der Waals surface area contributed by atoms with E-state index in [1.54, 1.807) is 11.9 Å². The van der Waals surface area contributed by atoms with Crippen molar-refractivity contribution in [2.45, 2.75) is 26.3 Å². The molecule has 0 radical (unpaired) electrons. The zero-order valence-electron chi connectivity index (χ0n) is 11.9. The van der Waals surface area contributed by atoms with Crippen LogP contribution >= 0.6 is 28.3 Å². The maximum atomic E-state index is 13.2. The van der Waals surface area contributed by atoms with Gasteiger partial charge in [-0.05, 0) is 46.5 Å². The molecule has 0 aromatic heterocycles. The van der Waals surface area contributed by atoms with Crippen LogP contribution in [-0.4, -0.2) is 30.4 Å².